The summed E-state index contributed by atoms with van der Waals surface area (Å²) in [5.41, 5.74) is -0.799. The Kier molecular flexibility index (Phi) is 11.0. The van der Waals surface area contributed by atoms with E-state index in [-0.39, 0.29) is 25.6 Å². The van der Waals surface area contributed by atoms with Crippen LogP contribution < -0.4 is 0 Å². The minimum Gasteiger partial charge on any atom is -0.390 e. The van der Waals surface area contributed by atoms with Gasteiger partial charge in [-0.05, 0) is 19.8 Å². The van der Waals surface area contributed by atoms with Crippen LogP contribution in [0.3, 0.4) is 0 Å². The lowest BCUT2D eigenvalue weighted by Gasteiger charge is -2.30. The predicted octanol–water partition coefficient (Wildman–Crippen LogP) is 2.34. The molecule has 0 saturated carbocycles. The summed E-state index contributed by atoms with van der Waals surface area (Å²) in [7, 11) is 3.17. The SMILES string of the molecule is C=C[C@@H](C)[C@@H](C[C@](C)(O)CCCOCOC)OCOC. The Labute approximate surface area is 122 Å². The van der Waals surface area contributed by atoms with Crippen LogP contribution in [-0.4, -0.2) is 51.2 Å². The third-order valence-corrected chi connectivity index (χ3v) is 3.20. The molecule has 5 heteroatoms. The summed E-state index contributed by atoms with van der Waals surface area (Å²) in [6.45, 7) is 8.70. The van der Waals surface area contributed by atoms with Crippen LogP contribution in [0.4, 0.5) is 0 Å². The molecule has 0 aliphatic carbocycles. The monoisotopic (exact) mass is 290 g/mol. The highest BCUT2D eigenvalue weighted by Crippen LogP contribution is 2.24. The first kappa shape index (κ1) is 19.5. The van der Waals surface area contributed by atoms with Gasteiger partial charge in [-0.1, -0.05) is 13.0 Å². The van der Waals surface area contributed by atoms with Gasteiger partial charge in [0, 0.05) is 33.2 Å². The van der Waals surface area contributed by atoms with E-state index in [1.807, 2.05) is 19.9 Å². The first-order valence-electron chi connectivity index (χ1n) is 6.99. The molecule has 0 bridgehead atoms. The van der Waals surface area contributed by atoms with E-state index >= 15 is 0 Å². The molecule has 0 aliphatic heterocycles. The molecule has 0 saturated heterocycles. The third kappa shape index (κ3) is 9.44. The van der Waals surface area contributed by atoms with Crippen LogP contribution in [0, 0.1) is 5.92 Å². The Morgan fingerprint density at radius 1 is 1.25 bits per heavy atom. The van der Waals surface area contributed by atoms with Crippen molar-refractivity contribution in [3.8, 4) is 0 Å². The highest BCUT2D eigenvalue weighted by Gasteiger charge is 2.28. The Hall–Kier alpha value is -0.460. The van der Waals surface area contributed by atoms with E-state index < -0.39 is 5.60 Å². The van der Waals surface area contributed by atoms with Crippen molar-refractivity contribution in [2.24, 2.45) is 5.92 Å². The molecule has 0 unspecified atom stereocenters. The second kappa shape index (κ2) is 11.2. The second-order valence-electron chi connectivity index (χ2n) is 5.33. The lowest BCUT2D eigenvalue weighted by molar-refractivity contribution is -0.112. The van der Waals surface area contributed by atoms with Crippen LogP contribution >= 0.6 is 0 Å². The molecule has 0 aliphatic rings. The Morgan fingerprint density at radius 2 is 1.90 bits per heavy atom. The van der Waals surface area contributed by atoms with E-state index in [1.54, 1.807) is 14.2 Å². The van der Waals surface area contributed by atoms with Gasteiger partial charge in [-0.3, -0.25) is 0 Å². The van der Waals surface area contributed by atoms with Crippen molar-refractivity contribution in [2.45, 2.75) is 44.8 Å². The van der Waals surface area contributed by atoms with Crippen molar-refractivity contribution in [2.75, 3.05) is 34.4 Å². The third-order valence-electron chi connectivity index (χ3n) is 3.20. The summed E-state index contributed by atoms with van der Waals surface area (Å²) in [4.78, 5) is 0. The van der Waals surface area contributed by atoms with Crippen molar-refractivity contribution in [3.63, 3.8) is 0 Å². The fourth-order valence-corrected chi connectivity index (χ4v) is 1.94. The number of methoxy groups -OCH3 is 2. The molecule has 0 spiro atoms. The van der Waals surface area contributed by atoms with Crippen molar-refractivity contribution < 1.29 is 24.1 Å². The second-order valence-corrected chi connectivity index (χ2v) is 5.33. The van der Waals surface area contributed by atoms with Gasteiger partial charge >= 0.3 is 0 Å². The zero-order chi connectivity index (χ0) is 15.4. The zero-order valence-electron chi connectivity index (χ0n) is 13.3. The molecule has 0 aromatic carbocycles. The standard InChI is InChI=1S/C15H30O5/c1-6-13(2)14(20-12-18-5)10-15(3,16)8-7-9-19-11-17-4/h6,13-14,16H,1,7-12H2,2-5H3/t13-,14-,15-/m1/s1. The number of hydrogen-bond acceptors (Lipinski definition) is 5. The molecule has 0 rings (SSSR count). The van der Waals surface area contributed by atoms with E-state index in [0.717, 1.165) is 6.42 Å². The first-order chi connectivity index (χ1) is 9.46. The molecule has 3 atom stereocenters. The predicted molar refractivity (Wildman–Crippen MR) is 78.4 cm³/mol. The van der Waals surface area contributed by atoms with Gasteiger partial charge in [-0.2, -0.15) is 0 Å². The van der Waals surface area contributed by atoms with Gasteiger partial charge in [-0.25, -0.2) is 0 Å². The van der Waals surface area contributed by atoms with E-state index in [1.165, 1.54) is 0 Å². The molecule has 1 N–H and O–H groups in total. The Balaban J connectivity index is 4.17. The summed E-state index contributed by atoms with van der Waals surface area (Å²) in [5.74, 6) is 0.154. The normalized spacial score (nSPS) is 17.4. The van der Waals surface area contributed by atoms with E-state index in [0.29, 0.717) is 19.4 Å². The number of ether oxygens (including phenoxy) is 4. The molecule has 20 heavy (non-hydrogen) atoms. The van der Waals surface area contributed by atoms with Crippen LogP contribution in [0.15, 0.2) is 12.7 Å². The molecule has 5 nitrogen and oxygen atoms in total. The van der Waals surface area contributed by atoms with Crippen LogP contribution in [0.25, 0.3) is 0 Å². The summed E-state index contributed by atoms with van der Waals surface area (Å²) < 4.78 is 20.6. The molecule has 0 heterocycles. The van der Waals surface area contributed by atoms with Crippen LogP contribution in [0.5, 0.6) is 0 Å². The Bertz CT molecular complexity index is 242. The van der Waals surface area contributed by atoms with Gasteiger partial charge in [-0.15, -0.1) is 6.58 Å². The van der Waals surface area contributed by atoms with Crippen molar-refractivity contribution in [1.82, 2.24) is 0 Å². The number of aliphatic hydroxyl groups is 1. The van der Waals surface area contributed by atoms with Crippen molar-refractivity contribution in [1.29, 1.82) is 0 Å². The zero-order valence-corrected chi connectivity index (χ0v) is 13.3. The van der Waals surface area contributed by atoms with E-state index in [2.05, 4.69) is 6.58 Å². The molecule has 0 fully saturated rings. The minimum atomic E-state index is -0.799. The number of rotatable bonds is 13. The first-order valence-corrected chi connectivity index (χ1v) is 6.99. The molecule has 0 aromatic rings. The van der Waals surface area contributed by atoms with Gasteiger partial charge in [0.25, 0.3) is 0 Å². The maximum absolute atomic E-state index is 10.4. The van der Waals surface area contributed by atoms with E-state index in [4.69, 9.17) is 18.9 Å². The summed E-state index contributed by atoms with van der Waals surface area (Å²) in [6.07, 6.45) is 3.68. The summed E-state index contributed by atoms with van der Waals surface area (Å²) >= 11 is 0. The van der Waals surface area contributed by atoms with E-state index in [9.17, 15) is 5.11 Å². The fraction of sp³-hybridized carbons (Fsp3) is 0.867. The maximum Gasteiger partial charge on any atom is 0.146 e. The van der Waals surface area contributed by atoms with Crippen LogP contribution in [0.1, 0.15) is 33.1 Å². The number of hydrogen-bond donors (Lipinski definition) is 1. The van der Waals surface area contributed by atoms with Crippen molar-refractivity contribution in [3.05, 3.63) is 12.7 Å². The smallest absolute Gasteiger partial charge is 0.146 e. The fourth-order valence-electron chi connectivity index (χ4n) is 1.94. The van der Waals surface area contributed by atoms with Gasteiger partial charge in [0.05, 0.1) is 11.7 Å². The average Bonchev–Trinajstić information content (AvgIpc) is 2.42. The highest BCUT2D eigenvalue weighted by atomic mass is 16.7. The Morgan fingerprint density at radius 3 is 2.45 bits per heavy atom. The van der Waals surface area contributed by atoms with Crippen LogP contribution in [-0.2, 0) is 18.9 Å². The molecule has 0 amide bonds. The van der Waals surface area contributed by atoms with Gasteiger partial charge in [0.1, 0.15) is 13.6 Å². The summed E-state index contributed by atoms with van der Waals surface area (Å²) in [5, 5.41) is 10.4. The maximum atomic E-state index is 10.4. The van der Waals surface area contributed by atoms with Gasteiger partial charge in [0.2, 0.25) is 0 Å². The largest absolute Gasteiger partial charge is 0.390 e. The minimum absolute atomic E-state index is 0.109. The molecule has 120 valence electrons. The van der Waals surface area contributed by atoms with Gasteiger partial charge < -0.3 is 24.1 Å². The topological polar surface area (TPSA) is 57.2 Å². The average molecular weight is 290 g/mol. The quantitative estimate of drug-likeness (QED) is 0.320. The summed E-state index contributed by atoms with van der Waals surface area (Å²) in [6, 6.07) is 0. The molecular formula is C15H30O5. The lowest BCUT2D eigenvalue weighted by Crippen LogP contribution is -2.35. The van der Waals surface area contributed by atoms with Crippen molar-refractivity contribution >= 4 is 0 Å². The van der Waals surface area contributed by atoms with Crippen LogP contribution in [0.2, 0.25) is 0 Å². The molecule has 0 radical (unpaired) electrons. The lowest BCUT2D eigenvalue weighted by atomic mass is 9.88. The molecule has 0 aromatic heterocycles. The van der Waals surface area contributed by atoms with Gasteiger partial charge in [0.15, 0.2) is 0 Å². The highest BCUT2D eigenvalue weighted by molar-refractivity contribution is 4.87. The molecular weight excluding hydrogens is 260 g/mol.